The maximum atomic E-state index is 13.0. The van der Waals surface area contributed by atoms with Crippen LogP contribution in [0.25, 0.3) is 0 Å². The molecule has 1 aliphatic heterocycles. The molecule has 1 N–H and O–H groups in total. The highest BCUT2D eigenvalue weighted by Gasteiger charge is 2.18. The van der Waals surface area contributed by atoms with E-state index in [-0.39, 0.29) is 5.82 Å². The highest BCUT2D eigenvalue weighted by molar-refractivity contribution is 5.57. The average molecular weight is 300 g/mol. The maximum absolute atomic E-state index is 13.0. The van der Waals surface area contributed by atoms with Gasteiger partial charge in [-0.1, -0.05) is 6.92 Å². The second-order valence-electron chi connectivity index (χ2n) is 6.00. The first-order chi connectivity index (χ1) is 10.6. The highest BCUT2D eigenvalue weighted by Crippen LogP contribution is 2.23. The van der Waals surface area contributed by atoms with Gasteiger partial charge in [-0.25, -0.2) is 9.37 Å². The minimum atomic E-state index is -0.243. The Morgan fingerprint density at radius 1 is 1.14 bits per heavy atom. The Kier molecular flexibility index (Phi) is 4.22. The third kappa shape index (κ3) is 3.53. The Morgan fingerprint density at radius 2 is 1.82 bits per heavy atom. The van der Waals surface area contributed by atoms with Gasteiger partial charge in [-0.2, -0.15) is 4.98 Å². The van der Waals surface area contributed by atoms with Crippen LogP contribution in [0.5, 0.6) is 0 Å². The predicted molar refractivity (Wildman–Crippen MR) is 87.1 cm³/mol. The Hall–Kier alpha value is -2.17. The van der Waals surface area contributed by atoms with Crippen molar-refractivity contribution in [1.82, 2.24) is 9.97 Å². The number of nitrogens with zero attached hydrogens (tertiary/aromatic N) is 3. The second kappa shape index (κ2) is 6.30. The number of nitrogens with one attached hydrogen (secondary N) is 1. The highest BCUT2D eigenvalue weighted by atomic mass is 19.1. The van der Waals surface area contributed by atoms with Crippen LogP contribution in [0.2, 0.25) is 0 Å². The van der Waals surface area contributed by atoms with Crippen LogP contribution in [0.3, 0.4) is 0 Å². The second-order valence-corrected chi connectivity index (χ2v) is 6.00. The number of hydrogen-bond donors (Lipinski definition) is 1. The average Bonchev–Trinajstić information content (AvgIpc) is 2.50. The molecule has 0 atom stereocenters. The molecule has 1 aliphatic rings. The third-order valence-electron chi connectivity index (χ3n) is 4.03. The van der Waals surface area contributed by atoms with Crippen LogP contribution < -0.4 is 10.2 Å². The molecule has 2 heterocycles. The molecule has 116 valence electrons. The number of piperidine rings is 1. The van der Waals surface area contributed by atoms with Gasteiger partial charge >= 0.3 is 0 Å². The fourth-order valence-corrected chi connectivity index (χ4v) is 2.65. The number of hydrogen-bond acceptors (Lipinski definition) is 4. The van der Waals surface area contributed by atoms with E-state index in [2.05, 4.69) is 27.1 Å². The van der Waals surface area contributed by atoms with E-state index in [4.69, 9.17) is 0 Å². The summed E-state index contributed by atoms with van der Waals surface area (Å²) in [6.07, 6.45) is 2.36. The number of halogens is 1. The SMILES string of the molecule is Cc1cc(Nc2ccc(F)cc2)nc(N2CCC(C)CC2)n1. The van der Waals surface area contributed by atoms with Gasteiger partial charge in [-0.15, -0.1) is 0 Å². The molecule has 0 radical (unpaired) electrons. The van der Waals surface area contributed by atoms with Crippen molar-refractivity contribution in [2.75, 3.05) is 23.3 Å². The summed E-state index contributed by atoms with van der Waals surface area (Å²) in [5.74, 6) is 2.05. The van der Waals surface area contributed by atoms with Gasteiger partial charge < -0.3 is 10.2 Å². The molecule has 1 aromatic heterocycles. The Balaban J connectivity index is 1.79. The van der Waals surface area contributed by atoms with Crippen LogP contribution >= 0.6 is 0 Å². The molecule has 0 amide bonds. The molecule has 0 unspecified atom stereocenters. The molecule has 4 nitrogen and oxygen atoms in total. The summed E-state index contributed by atoms with van der Waals surface area (Å²) in [6, 6.07) is 8.18. The van der Waals surface area contributed by atoms with Gasteiger partial charge in [0.2, 0.25) is 5.95 Å². The summed E-state index contributed by atoms with van der Waals surface area (Å²) >= 11 is 0. The molecule has 22 heavy (non-hydrogen) atoms. The lowest BCUT2D eigenvalue weighted by Gasteiger charge is -2.30. The van der Waals surface area contributed by atoms with Crippen molar-refractivity contribution in [3.05, 3.63) is 41.8 Å². The van der Waals surface area contributed by atoms with E-state index in [0.29, 0.717) is 0 Å². The molecule has 0 bridgehead atoms. The number of anilines is 3. The lowest BCUT2D eigenvalue weighted by Crippen LogP contribution is -2.34. The van der Waals surface area contributed by atoms with Crippen molar-refractivity contribution in [1.29, 1.82) is 0 Å². The van der Waals surface area contributed by atoms with E-state index in [0.717, 1.165) is 42.2 Å². The fourth-order valence-electron chi connectivity index (χ4n) is 2.65. The zero-order valence-corrected chi connectivity index (χ0v) is 13.0. The van der Waals surface area contributed by atoms with E-state index in [1.807, 2.05) is 13.0 Å². The topological polar surface area (TPSA) is 41.1 Å². The molecule has 2 aromatic rings. The van der Waals surface area contributed by atoms with E-state index < -0.39 is 0 Å². The molecule has 0 spiro atoms. The van der Waals surface area contributed by atoms with Crippen LogP contribution in [0, 0.1) is 18.7 Å². The zero-order chi connectivity index (χ0) is 15.5. The first kappa shape index (κ1) is 14.8. The van der Waals surface area contributed by atoms with Crippen molar-refractivity contribution in [3.8, 4) is 0 Å². The van der Waals surface area contributed by atoms with Gasteiger partial charge in [0.05, 0.1) is 0 Å². The quantitative estimate of drug-likeness (QED) is 0.933. The van der Waals surface area contributed by atoms with E-state index in [1.165, 1.54) is 25.0 Å². The predicted octanol–water partition coefficient (Wildman–Crippen LogP) is 3.90. The number of aromatic nitrogens is 2. The molecule has 3 rings (SSSR count). The largest absolute Gasteiger partial charge is 0.341 e. The minimum Gasteiger partial charge on any atom is -0.341 e. The number of aryl methyl sites for hydroxylation is 1. The van der Waals surface area contributed by atoms with E-state index >= 15 is 0 Å². The van der Waals surface area contributed by atoms with Gasteiger partial charge in [-0.05, 0) is 49.9 Å². The van der Waals surface area contributed by atoms with Crippen molar-refractivity contribution >= 4 is 17.5 Å². The van der Waals surface area contributed by atoms with Crippen LogP contribution in [0.15, 0.2) is 30.3 Å². The third-order valence-corrected chi connectivity index (χ3v) is 4.03. The molecule has 1 saturated heterocycles. The standard InChI is InChI=1S/C17H21FN4/c1-12-7-9-22(10-8-12)17-19-13(2)11-16(21-17)20-15-5-3-14(18)4-6-15/h3-6,11-12H,7-10H2,1-2H3,(H,19,20,21). The Labute approximate surface area is 130 Å². The summed E-state index contributed by atoms with van der Waals surface area (Å²) in [5.41, 5.74) is 1.74. The minimum absolute atomic E-state index is 0.243. The van der Waals surface area contributed by atoms with Crippen molar-refractivity contribution in [2.45, 2.75) is 26.7 Å². The molecule has 0 aliphatic carbocycles. The van der Waals surface area contributed by atoms with Crippen molar-refractivity contribution in [2.24, 2.45) is 5.92 Å². The van der Waals surface area contributed by atoms with E-state index in [1.54, 1.807) is 12.1 Å². The van der Waals surface area contributed by atoms with Crippen molar-refractivity contribution < 1.29 is 4.39 Å². The zero-order valence-electron chi connectivity index (χ0n) is 13.0. The van der Waals surface area contributed by atoms with E-state index in [9.17, 15) is 4.39 Å². The summed E-state index contributed by atoms with van der Waals surface area (Å²) in [5, 5.41) is 3.22. The van der Waals surface area contributed by atoms with Crippen LogP contribution in [0.4, 0.5) is 21.8 Å². The lowest BCUT2D eigenvalue weighted by atomic mass is 10.00. The first-order valence-electron chi connectivity index (χ1n) is 7.73. The fraction of sp³-hybridized carbons (Fsp3) is 0.412. The molecular weight excluding hydrogens is 279 g/mol. The maximum Gasteiger partial charge on any atom is 0.227 e. The molecular formula is C17H21FN4. The smallest absolute Gasteiger partial charge is 0.227 e. The summed E-state index contributed by atoms with van der Waals surface area (Å²) in [7, 11) is 0. The van der Waals surface area contributed by atoms with Gasteiger partial charge in [0.25, 0.3) is 0 Å². The number of rotatable bonds is 3. The molecule has 1 aromatic carbocycles. The monoisotopic (exact) mass is 300 g/mol. The number of benzene rings is 1. The Bertz CT molecular complexity index is 634. The van der Waals surface area contributed by atoms with Crippen LogP contribution in [-0.4, -0.2) is 23.1 Å². The first-order valence-corrected chi connectivity index (χ1v) is 7.73. The van der Waals surface area contributed by atoms with Crippen LogP contribution in [-0.2, 0) is 0 Å². The summed E-state index contributed by atoms with van der Waals surface area (Å²) in [6.45, 7) is 6.25. The summed E-state index contributed by atoms with van der Waals surface area (Å²) < 4.78 is 13.0. The van der Waals surface area contributed by atoms with Gasteiger partial charge in [0, 0.05) is 30.5 Å². The van der Waals surface area contributed by atoms with Crippen LogP contribution in [0.1, 0.15) is 25.5 Å². The van der Waals surface area contributed by atoms with Gasteiger partial charge in [0.15, 0.2) is 0 Å². The summed E-state index contributed by atoms with van der Waals surface area (Å²) in [4.78, 5) is 11.4. The van der Waals surface area contributed by atoms with Gasteiger partial charge in [-0.3, -0.25) is 0 Å². The normalized spacial score (nSPS) is 15.9. The lowest BCUT2D eigenvalue weighted by molar-refractivity contribution is 0.434. The molecule has 0 saturated carbocycles. The van der Waals surface area contributed by atoms with Gasteiger partial charge in [0.1, 0.15) is 11.6 Å². The Morgan fingerprint density at radius 3 is 2.50 bits per heavy atom. The van der Waals surface area contributed by atoms with Crippen molar-refractivity contribution in [3.63, 3.8) is 0 Å². The molecule has 1 fully saturated rings. The molecule has 5 heteroatoms.